The van der Waals surface area contributed by atoms with Crippen LogP contribution in [0.15, 0.2) is 29.2 Å². The Kier molecular flexibility index (Phi) is 5.91. The van der Waals surface area contributed by atoms with Gasteiger partial charge in [0.2, 0.25) is 5.91 Å². The molecule has 0 aliphatic heterocycles. The van der Waals surface area contributed by atoms with Crippen LogP contribution in [0.5, 0.6) is 0 Å². The summed E-state index contributed by atoms with van der Waals surface area (Å²) in [5, 5.41) is 3.31. The highest BCUT2D eigenvalue weighted by Crippen LogP contribution is 2.17. The summed E-state index contributed by atoms with van der Waals surface area (Å²) in [7, 11) is 3.58. The number of thioether (sulfide) groups is 1. The van der Waals surface area contributed by atoms with Crippen molar-refractivity contribution >= 4 is 23.4 Å². The molecule has 94 valence electrons. The van der Waals surface area contributed by atoms with Crippen LogP contribution in [0.1, 0.15) is 12.8 Å². The zero-order valence-corrected chi connectivity index (χ0v) is 11.5. The van der Waals surface area contributed by atoms with Crippen molar-refractivity contribution in [2.45, 2.75) is 17.7 Å². The van der Waals surface area contributed by atoms with Crippen LogP contribution >= 0.6 is 11.8 Å². The Balaban J connectivity index is 2.24. The number of hydrogen-bond donors (Lipinski definition) is 1. The van der Waals surface area contributed by atoms with Gasteiger partial charge in [0.15, 0.2) is 0 Å². The normalized spacial score (nSPS) is 10.1. The number of amides is 1. The SMILES string of the molecule is CSc1ccc(NCCCC(=O)N(C)C)cc1. The molecule has 0 aliphatic carbocycles. The molecule has 1 rings (SSSR count). The topological polar surface area (TPSA) is 32.3 Å². The number of benzene rings is 1. The summed E-state index contributed by atoms with van der Waals surface area (Å²) in [4.78, 5) is 14.2. The monoisotopic (exact) mass is 252 g/mol. The molecule has 0 saturated heterocycles. The Hall–Kier alpha value is -1.16. The fourth-order valence-electron chi connectivity index (χ4n) is 1.40. The van der Waals surface area contributed by atoms with Crippen LogP contribution in [-0.4, -0.2) is 37.7 Å². The molecule has 0 aromatic heterocycles. The van der Waals surface area contributed by atoms with Crippen LogP contribution < -0.4 is 5.32 Å². The molecule has 17 heavy (non-hydrogen) atoms. The van der Waals surface area contributed by atoms with E-state index < -0.39 is 0 Å². The number of nitrogens with zero attached hydrogens (tertiary/aromatic N) is 1. The second-order valence-electron chi connectivity index (χ2n) is 4.05. The first-order valence-corrected chi connectivity index (χ1v) is 6.94. The van der Waals surface area contributed by atoms with Crippen molar-refractivity contribution in [3.05, 3.63) is 24.3 Å². The summed E-state index contributed by atoms with van der Waals surface area (Å²) in [6, 6.07) is 8.33. The van der Waals surface area contributed by atoms with Crippen LogP contribution in [-0.2, 0) is 4.79 Å². The van der Waals surface area contributed by atoms with Crippen molar-refractivity contribution in [1.29, 1.82) is 0 Å². The maximum atomic E-state index is 11.3. The molecule has 0 radical (unpaired) electrons. The van der Waals surface area contributed by atoms with E-state index in [0.717, 1.165) is 18.7 Å². The summed E-state index contributed by atoms with van der Waals surface area (Å²) in [6.07, 6.45) is 3.53. The average Bonchev–Trinajstić information content (AvgIpc) is 2.35. The molecule has 0 unspecified atom stereocenters. The van der Waals surface area contributed by atoms with Crippen molar-refractivity contribution in [3.8, 4) is 0 Å². The Morgan fingerprint density at radius 3 is 2.47 bits per heavy atom. The van der Waals surface area contributed by atoms with Gasteiger partial charge in [-0.2, -0.15) is 0 Å². The Morgan fingerprint density at radius 2 is 1.94 bits per heavy atom. The smallest absolute Gasteiger partial charge is 0.222 e. The van der Waals surface area contributed by atoms with Gasteiger partial charge < -0.3 is 10.2 Å². The van der Waals surface area contributed by atoms with Crippen LogP contribution in [0, 0.1) is 0 Å². The highest BCUT2D eigenvalue weighted by atomic mass is 32.2. The zero-order valence-electron chi connectivity index (χ0n) is 10.7. The van der Waals surface area contributed by atoms with Crippen molar-refractivity contribution in [3.63, 3.8) is 0 Å². The highest BCUT2D eigenvalue weighted by Gasteiger charge is 2.02. The first kappa shape index (κ1) is 13.9. The number of anilines is 1. The predicted molar refractivity (Wildman–Crippen MR) is 74.6 cm³/mol. The second-order valence-corrected chi connectivity index (χ2v) is 4.93. The van der Waals surface area contributed by atoms with Gasteiger partial charge in [-0.05, 0) is 36.9 Å². The Bertz CT molecular complexity index is 349. The summed E-state index contributed by atoms with van der Waals surface area (Å²) in [5.74, 6) is 0.185. The largest absolute Gasteiger partial charge is 0.385 e. The lowest BCUT2D eigenvalue weighted by atomic mass is 10.2. The van der Waals surface area contributed by atoms with E-state index in [2.05, 4.69) is 35.8 Å². The van der Waals surface area contributed by atoms with Gasteiger partial charge in [0.1, 0.15) is 0 Å². The van der Waals surface area contributed by atoms with Gasteiger partial charge in [-0.15, -0.1) is 11.8 Å². The van der Waals surface area contributed by atoms with E-state index in [1.165, 1.54) is 4.90 Å². The van der Waals surface area contributed by atoms with Gasteiger partial charge in [0.25, 0.3) is 0 Å². The van der Waals surface area contributed by atoms with Crippen LogP contribution in [0.4, 0.5) is 5.69 Å². The maximum Gasteiger partial charge on any atom is 0.222 e. The maximum absolute atomic E-state index is 11.3. The number of carbonyl (C=O) groups is 1. The van der Waals surface area contributed by atoms with Crippen LogP contribution in [0.25, 0.3) is 0 Å². The van der Waals surface area contributed by atoms with Gasteiger partial charge in [-0.1, -0.05) is 0 Å². The molecule has 0 atom stereocenters. The third kappa shape index (κ3) is 5.13. The van der Waals surface area contributed by atoms with Crippen LogP contribution in [0.2, 0.25) is 0 Å². The van der Waals surface area contributed by atoms with E-state index in [-0.39, 0.29) is 5.91 Å². The van der Waals surface area contributed by atoms with Crippen molar-refractivity contribution in [1.82, 2.24) is 4.90 Å². The van der Waals surface area contributed by atoms with E-state index in [1.54, 1.807) is 30.8 Å². The molecule has 1 aromatic carbocycles. The van der Waals surface area contributed by atoms with E-state index in [0.29, 0.717) is 6.42 Å². The molecule has 1 N–H and O–H groups in total. The molecular formula is C13H20N2OS. The quantitative estimate of drug-likeness (QED) is 0.624. The standard InChI is InChI=1S/C13H20N2OS/c1-15(2)13(16)5-4-10-14-11-6-8-12(17-3)9-7-11/h6-9,14H,4-5,10H2,1-3H3. The lowest BCUT2D eigenvalue weighted by molar-refractivity contribution is -0.128. The van der Waals surface area contributed by atoms with Crippen molar-refractivity contribution in [2.75, 3.05) is 32.2 Å². The van der Waals surface area contributed by atoms with Crippen LogP contribution in [0.3, 0.4) is 0 Å². The summed E-state index contributed by atoms with van der Waals surface area (Å²) >= 11 is 1.74. The molecule has 0 saturated carbocycles. The molecule has 0 fully saturated rings. The van der Waals surface area contributed by atoms with E-state index in [9.17, 15) is 4.79 Å². The molecule has 1 aromatic rings. The lowest BCUT2D eigenvalue weighted by Crippen LogP contribution is -2.21. The van der Waals surface area contributed by atoms with E-state index in [1.807, 2.05) is 0 Å². The molecule has 3 nitrogen and oxygen atoms in total. The molecule has 0 heterocycles. The summed E-state index contributed by atoms with van der Waals surface area (Å²) in [6.45, 7) is 0.832. The minimum absolute atomic E-state index is 0.185. The molecule has 4 heteroatoms. The van der Waals surface area contributed by atoms with Gasteiger partial charge >= 0.3 is 0 Å². The second kappa shape index (κ2) is 7.22. The van der Waals surface area contributed by atoms with Crippen molar-refractivity contribution in [2.24, 2.45) is 0 Å². The molecule has 0 aliphatic rings. The number of carbonyl (C=O) groups excluding carboxylic acids is 1. The van der Waals surface area contributed by atoms with Gasteiger partial charge in [-0.25, -0.2) is 0 Å². The lowest BCUT2D eigenvalue weighted by Gasteiger charge is -2.10. The minimum Gasteiger partial charge on any atom is -0.385 e. The van der Waals surface area contributed by atoms with E-state index in [4.69, 9.17) is 0 Å². The first-order valence-electron chi connectivity index (χ1n) is 5.71. The van der Waals surface area contributed by atoms with Gasteiger partial charge in [-0.3, -0.25) is 4.79 Å². The summed E-state index contributed by atoms with van der Waals surface area (Å²) < 4.78 is 0. The summed E-state index contributed by atoms with van der Waals surface area (Å²) in [5.41, 5.74) is 1.11. The van der Waals surface area contributed by atoms with Gasteiger partial charge in [0, 0.05) is 37.6 Å². The number of rotatable bonds is 6. The third-order valence-electron chi connectivity index (χ3n) is 2.49. The molecule has 1 amide bonds. The Labute approximate surface area is 108 Å². The predicted octanol–water partition coefficient (Wildman–Crippen LogP) is 2.69. The zero-order chi connectivity index (χ0) is 12.7. The fraction of sp³-hybridized carbons (Fsp3) is 0.462. The first-order chi connectivity index (χ1) is 8.13. The Morgan fingerprint density at radius 1 is 1.29 bits per heavy atom. The fourth-order valence-corrected chi connectivity index (χ4v) is 1.81. The molecule has 0 spiro atoms. The average molecular weight is 252 g/mol. The number of nitrogens with one attached hydrogen (secondary N) is 1. The van der Waals surface area contributed by atoms with E-state index >= 15 is 0 Å². The minimum atomic E-state index is 0.185. The highest BCUT2D eigenvalue weighted by molar-refractivity contribution is 7.98. The number of hydrogen-bond acceptors (Lipinski definition) is 3. The third-order valence-corrected chi connectivity index (χ3v) is 3.23. The van der Waals surface area contributed by atoms with Gasteiger partial charge in [0.05, 0.1) is 0 Å². The molecular weight excluding hydrogens is 232 g/mol. The molecule has 0 bridgehead atoms. The van der Waals surface area contributed by atoms with Crippen molar-refractivity contribution < 1.29 is 4.79 Å².